The SMILES string of the molecule is CC(C)n1nccc1NC(=O)c1ccc2c(c1)C[C@H](c1ccccc1)OC2=O. The van der Waals surface area contributed by atoms with Crippen LogP contribution in [0.25, 0.3) is 0 Å². The van der Waals surface area contributed by atoms with E-state index in [0.29, 0.717) is 23.4 Å². The number of nitrogens with one attached hydrogen (secondary N) is 1. The fourth-order valence-corrected chi connectivity index (χ4v) is 3.40. The Kier molecular flexibility index (Phi) is 4.69. The van der Waals surface area contributed by atoms with Crippen LogP contribution in [0.1, 0.15) is 57.8 Å². The number of anilines is 1. The summed E-state index contributed by atoms with van der Waals surface area (Å²) in [6, 6.07) is 16.6. The number of hydrogen-bond donors (Lipinski definition) is 1. The van der Waals surface area contributed by atoms with Crippen molar-refractivity contribution in [3.8, 4) is 0 Å². The molecule has 1 aliphatic rings. The second-order valence-electron chi connectivity index (χ2n) is 7.09. The van der Waals surface area contributed by atoms with Gasteiger partial charge in [-0.1, -0.05) is 30.3 Å². The van der Waals surface area contributed by atoms with Crippen LogP contribution in [0, 0.1) is 0 Å². The van der Waals surface area contributed by atoms with Crippen LogP contribution < -0.4 is 5.32 Å². The number of nitrogens with zero attached hydrogens (tertiary/aromatic N) is 2. The first-order chi connectivity index (χ1) is 13.5. The first-order valence-electron chi connectivity index (χ1n) is 9.26. The van der Waals surface area contributed by atoms with Crippen molar-refractivity contribution in [2.45, 2.75) is 32.4 Å². The summed E-state index contributed by atoms with van der Waals surface area (Å²) in [6.07, 6.45) is 1.85. The molecule has 1 amide bonds. The van der Waals surface area contributed by atoms with Gasteiger partial charge in [0, 0.05) is 24.1 Å². The smallest absolute Gasteiger partial charge is 0.339 e. The molecule has 1 aromatic heterocycles. The molecule has 2 heterocycles. The molecule has 0 unspecified atom stereocenters. The van der Waals surface area contributed by atoms with Crippen molar-refractivity contribution in [1.82, 2.24) is 9.78 Å². The molecule has 0 saturated heterocycles. The van der Waals surface area contributed by atoms with Gasteiger partial charge in [0.05, 0.1) is 11.8 Å². The van der Waals surface area contributed by atoms with Crippen molar-refractivity contribution in [2.75, 3.05) is 5.32 Å². The molecular formula is C22H21N3O3. The number of ether oxygens (including phenoxy) is 1. The number of carbonyl (C=O) groups is 2. The van der Waals surface area contributed by atoms with Gasteiger partial charge in [-0.3, -0.25) is 4.79 Å². The molecule has 2 aromatic carbocycles. The topological polar surface area (TPSA) is 73.2 Å². The third-order valence-corrected chi connectivity index (χ3v) is 4.81. The molecular weight excluding hydrogens is 354 g/mol. The maximum Gasteiger partial charge on any atom is 0.339 e. The van der Waals surface area contributed by atoms with Crippen molar-refractivity contribution in [3.63, 3.8) is 0 Å². The van der Waals surface area contributed by atoms with Crippen LogP contribution in [-0.2, 0) is 11.2 Å². The summed E-state index contributed by atoms with van der Waals surface area (Å²) in [5.41, 5.74) is 2.76. The third kappa shape index (κ3) is 3.41. The lowest BCUT2D eigenvalue weighted by Crippen LogP contribution is -2.23. The summed E-state index contributed by atoms with van der Waals surface area (Å²) >= 11 is 0. The molecule has 1 aliphatic heterocycles. The minimum Gasteiger partial charge on any atom is -0.454 e. The Morgan fingerprint density at radius 1 is 1.18 bits per heavy atom. The monoisotopic (exact) mass is 375 g/mol. The molecule has 1 atom stereocenters. The zero-order valence-corrected chi connectivity index (χ0v) is 15.8. The molecule has 0 aliphatic carbocycles. The maximum absolute atomic E-state index is 12.7. The highest BCUT2D eigenvalue weighted by molar-refractivity contribution is 6.05. The van der Waals surface area contributed by atoms with Gasteiger partial charge in [0.15, 0.2) is 0 Å². The van der Waals surface area contributed by atoms with Crippen LogP contribution in [0.2, 0.25) is 0 Å². The van der Waals surface area contributed by atoms with Crippen LogP contribution in [0.5, 0.6) is 0 Å². The van der Waals surface area contributed by atoms with E-state index < -0.39 is 0 Å². The number of esters is 1. The summed E-state index contributed by atoms with van der Waals surface area (Å²) < 4.78 is 7.32. The number of rotatable bonds is 4. The van der Waals surface area contributed by atoms with Gasteiger partial charge < -0.3 is 10.1 Å². The predicted molar refractivity (Wildman–Crippen MR) is 105 cm³/mol. The van der Waals surface area contributed by atoms with Crippen molar-refractivity contribution >= 4 is 17.7 Å². The molecule has 4 rings (SSSR count). The first kappa shape index (κ1) is 18.0. The Balaban J connectivity index is 1.59. The molecule has 6 heteroatoms. The fourth-order valence-electron chi connectivity index (χ4n) is 3.40. The van der Waals surface area contributed by atoms with E-state index in [9.17, 15) is 9.59 Å². The predicted octanol–water partition coefficient (Wildman–Crippen LogP) is 4.17. The highest BCUT2D eigenvalue weighted by Gasteiger charge is 2.28. The van der Waals surface area contributed by atoms with Gasteiger partial charge >= 0.3 is 5.97 Å². The Labute approximate surface area is 163 Å². The number of cyclic esters (lactones) is 1. The number of amides is 1. The number of benzene rings is 2. The number of hydrogen-bond acceptors (Lipinski definition) is 4. The van der Waals surface area contributed by atoms with E-state index in [2.05, 4.69) is 10.4 Å². The van der Waals surface area contributed by atoms with Gasteiger partial charge in [-0.05, 0) is 43.2 Å². The van der Waals surface area contributed by atoms with E-state index in [1.807, 2.05) is 44.2 Å². The maximum atomic E-state index is 12.7. The first-order valence-corrected chi connectivity index (χ1v) is 9.26. The van der Waals surface area contributed by atoms with E-state index in [4.69, 9.17) is 4.74 Å². The number of fused-ring (bicyclic) bond motifs is 1. The number of carbonyl (C=O) groups excluding carboxylic acids is 2. The Morgan fingerprint density at radius 3 is 2.71 bits per heavy atom. The van der Waals surface area contributed by atoms with E-state index >= 15 is 0 Å². The highest BCUT2D eigenvalue weighted by atomic mass is 16.5. The normalized spacial score (nSPS) is 15.8. The van der Waals surface area contributed by atoms with Gasteiger partial charge in [-0.15, -0.1) is 0 Å². The van der Waals surface area contributed by atoms with E-state index in [0.717, 1.165) is 11.1 Å². The zero-order chi connectivity index (χ0) is 19.7. The summed E-state index contributed by atoms with van der Waals surface area (Å²) in [4.78, 5) is 25.1. The molecule has 142 valence electrons. The van der Waals surface area contributed by atoms with Gasteiger partial charge in [0.2, 0.25) is 0 Å². The lowest BCUT2D eigenvalue weighted by atomic mass is 9.93. The lowest BCUT2D eigenvalue weighted by Gasteiger charge is -2.25. The van der Waals surface area contributed by atoms with E-state index in [1.54, 1.807) is 35.1 Å². The Morgan fingerprint density at radius 2 is 1.96 bits per heavy atom. The van der Waals surface area contributed by atoms with Crippen molar-refractivity contribution in [3.05, 3.63) is 83.0 Å². The quantitative estimate of drug-likeness (QED) is 0.695. The Bertz CT molecular complexity index is 1020. The van der Waals surface area contributed by atoms with Crippen LogP contribution >= 0.6 is 0 Å². The largest absolute Gasteiger partial charge is 0.454 e. The summed E-state index contributed by atoms with van der Waals surface area (Å²) in [5.74, 6) is 0.0413. The minimum absolute atomic E-state index is 0.134. The molecule has 6 nitrogen and oxygen atoms in total. The molecule has 0 spiro atoms. The van der Waals surface area contributed by atoms with Crippen molar-refractivity contribution in [1.29, 1.82) is 0 Å². The van der Waals surface area contributed by atoms with Gasteiger partial charge in [0.25, 0.3) is 5.91 Å². The fraction of sp³-hybridized carbons (Fsp3) is 0.227. The van der Waals surface area contributed by atoms with Gasteiger partial charge in [-0.2, -0.15) is 5.10 Å². The number of aromatic nitrogens is 2. The second kappa shape index (κ2) is 7.31. The van der Waals surface area contributed by atoms with Gasteiger partial charge in [-0.25, -0.2) is 9.48 Å². The average Bonchev–Trinajstić information content (AvgIpc) is 3.16. The Hall–Kier alpha value is -3.41. The van der Waals surface area contributed by atoms with Crippen LogP contribution in [0.3, 0.4) is 0 Å². The molecule has 3 aromatic rings. The van der Waals surface area contributed by atoms with Crippen LogP contribution in [0.4, 0.5) is 5.82 Å². The molecule has 0 radical (unpaired) electrons. The van der Waals surface area contributed by atoms with E-state index in [-0.39, 0.29) is 24.0 Å². The molecule has 0 saturated carbocycles. The van der Waals surface area contributed by atoms with E-state index in [1.165, 1.54) is 0 Å². The third-order valence-electron chi connectivity index (χ3n) is 4.81. The summed E-state index contributed by atoms with van der Waals surface area (Å²) in [5, 5.41) is 7.12. The molecule has 1 N–H and O–H groups in total. The van der Waals surface area contributed by atoms with Crippen LogP contribution in [-0.4, -0.2) is 21.7 Å². The second-order valence-corrected chi connectivity index (χ2v) is 7.09. The zero-order valence-electron chi connectivity index (χ0n) is 15.8. The molecule has 0 fully saturated rings. The lowest BCUT2D eigenvalue weighted by molar-refractivity contribution is 0.0252. The van der Waals surface area contributed by atoms with Crippen LogP contribution in [0.15, 0.2) is 60.8 Å². The summed E-state index contributed by atoms with van der Waals surface area (Å²) in [6.45, 7) is 3.99. The average molecular weight is 375 g/mol. The van der Waals surface area contributed by atoms with Crippen molar-refractivity contribution in [2.24, 2.45) is 0 Å². The molecule has 28 heavy (non-hydrogen) atoms. The minimum atomic E-state index is -0.361. The highest BCUT2D eigenvalue weighted by Crippen LogP contribution is 2.31. The standard InChI is InChI=1S/C22H21N3O3/c1-14(2)25-20(10-11-23-25)24-21(26)16-8-9-18-17(12-16)13-19(28-22(18)27)15-6-4-3-5-7-15/h3-12,14,19H,13H2,1-2H3,(H,24,26)/t19-/m1/s1. The van der Waals surface area contributed by atoms with Crippen molar-refractivity contribution < 1.29 is 14.3 Å². The van der Waals surface area contributed by atoms with Gasteiger partial charge in [0.1, 0.15) is 11.9 Å². The summed E-state index contributed by atoms with van der Waals surface area (Å²) in [7, 11) is 0. The molecule has 0 bridgehead atoms.